The molecule has 0 saturated carbocycles. The Hall–Kier alpha value is -0.910. The van der Waals surface area contributed by atoms with Crippen molar-refractivity contribution in [1.29, 1.82) is 0 Å². The monoisotopic (exact) mass is 230 g/mol. The summed E-state index contributed by atoms with van der Waals surface area (Å²) in [6.07, 6.45) is -0.544. The highest BCUT2D eigenvalue weighted by atomic mass is 16.5. The molecule has 94 valence electrons. The second-order valence-corrected chi connectivity index (χ2v) is 4.08. The predicted octanol–water partition coefficient (Wildman–Crippen LogP) is -0.0362. The summed E-state index contributed by atoms with van der Waals surface area (Å²) in [5.41, 5.74) is 0.335. The van der Waals surface area contributed by atoms with Crippen LogP contribution in [0.3, 0.4) is 0 Å². The van der Waals surface area contributed by atoms with Crippen molar-refractivity contribution in [2.45, 2.75) is 26.1 Å². The zero-order valence-corrected chi connectivity index (χ0v) is 10.5. The van der Waals surface area contributed by atoms with Crippen LogP contribution in [0.4, 0.5) is 0 Å². The van der Waals surface area contributed by atoms with Crippen LogP contribution in [0.25, 0.3) is 0 Å². The molecule has 0 aliphatic rings. The van der Waals surface area contributed by atoms with Crippen LogP contribution in [0, 0.1) is 0 Å². The first-order valence-electron chi connectivity index (χ1n) is 5.25. The molecule has 0 saturated heterocycles. The summed E-state index contributed by atoms with van der Waals surface area (Å²) in [4.78, 5) is 13.0. The first-order chi connectivity index (χ1) is 7.34. The third-order valence-electron chi connectivity index (χ3n) is 2.18. The highest BCUT2D eigenvalue weighted by Crippen LogP contribution is 1.94. The Morgan fingerprint density at radius 1 is 1.56 bits per heavy atom. The fourth-order valence-electron chi connectivity index (χ4n) is 0.843. The molecular formula is C11H22N2O3. The number of esters is 1. The quantitative estimate of drug-likeness (QED) is 0.365. The summed E-state index contributed by atoms with van der Waals surface area (Å²) in [6.45, 7) is 7.36. The highest BCUT2D eigenvalue weighted by molar-refractivity contribution is 5.86. The van der Waals surface area contributed by atoms with Gasteiger partial charge in [0.1, 0.15) is 12.7 Å². The SMILES string of the molecule is C=C(C)C(=O)OCC(O)CNC(C)N(C)C. The Bertz CT molecular complexity index is 241. The average molecular weight is 230 g/mol. The molecule has 0 fully saturated rings. The molecule has 0 aliphatic carbocycles. The van der Waals surface area contributed by atoms with E-state index in [0.29, 0.717) is 12.1 Å². The maximum Gasteiger partial charge on any atom is 0.333 e. The number of aliphatic hydroxyl groups is 1. The largest absolute Gasteiger partial charge is 0.460 e. The lowest BCUT2D eigenvalue weighted by molar-refractivity contribution is -0.141. The molecule has 5 nitrogen and oxygen atoms in total. The minimum atomic E-state index is -0.703. The average Bonchev–Trinajstić information content (AvgIpc) is 2.21. The number of nitrogens with zero attached hydrogens (tertiary/aromatic N) is 1. The van der Waals surface area contributed by atoms with Gasteiger partial charge in [0, 0.05) is 12.1 Å². The lowest BCUT2D eigenvalue weighted by Crippen LogP contribution is -2.43. The number of nitrogens with one attached hydrogen (secondary N) is 1. The van der Waals surface area contributed by atoms with Gasteiger partial charge in [-0.2, -0.15) is 0 Å². The number of ether oxygens (including phenoxy) is 1. The Kier molecular flexibility index (Phi) is 6.96. The summed E-state index contributed by atoms with van der Waals surface area (Å²) in [5.74, 6) is -0.472. The summed E-state index contributed by atoms with van der Waals surface area (Å²) in [6, 6.07) is 0. The second-order valence-electron chi connectivity index (χ2n) is 4.08. The van der Waals surface area contributed by atoms with Crippen molar-refractivity contribution in [2.24, 2.45) is 0 Å². The smallest absolute Gasteiger partial charge is 0.333 e. The van der Waals surface area contributed by atoms with Gasteiger partial charge in [0.25, 0.3) is 0 Å². The van der Waals surface area contributed by atoms with E-state index >= 15 is 0 Å². The van der Waals surface area contributed by atoms with Crippen LogP contribution in [0.2, 0.25) is 0 Å². The van der Waals surface area contributed by atoms with E-state index in [-0.39, 0.29) is 12.8 Å². The molecule has 0 aliphatic heterocycles. The van der Waals surface area contributed by atoms with Crippen LogP contribution in [-0.4, -0.2) is 55.5 Å². The molecule has 0 amide bonds. The molecular weight excluding hydrogens is 208 g/mol. The maximum absolute atomic E-state index is 11.0. The van der Waals surface area contributed by atoms with Crippen molar-refractivity contribution in [2.75, 3.05) is 27.2 Å². The normalized spacial score (nSPS) is 14.6. The van der Waals surface area contributed by atoms with Crippen molar-refractivity contribution >= 4 is 5.97 Å². The summed E-state index contributed by atoms with van der Waals surface area (Å²) in [7, 11) is 3.87. The van der Waals surface area contributed by atoms with Crippen molar-refractivity contribution in [1.82, 2.24) is 10.2 Å². The van der Waals surface area contributed by atoms with Gasteiger partial charge < -0.3 is 9.84 Å². The summed E-state index contributed by atoms with van der Waals surface area (Å²) in [5, 5.41) is 12.6. The number of aliphatic hydroxyl groups excluding tert-OH is 1. The van der Waals surface area contributed by atoms with Crippen LogP contribution < -0.4 is 5.32 Å². The number of carbonyl (C=O) groups is 1. The fourth-order valence-corrected chi connectivity index (χ4v) is 0.843. The van der Waals surface area contributed by atoms with Crippen LogP contribution >= 0.6 is 0 Å². The molecule has 0 spiro atoms. The molecule has 0 radical (unpaired) electrons. The molecule has 0 bridgehead atoms. The topological polar surface area (TPSA) is 61.8 Å². The Balaban J connectivity index is 3.71. The van der Waals surface area contributed by atoms with E-state index in [1.165, 1.54) is 0 Å². The van der Waals surface area contributed by atoms with Crippen molar-refractivity contribution in [3.63, 3.8) is 0 Å². The molecule has 0 heterocycles. The van der Waals surface area contributed by atoms with E-state index in [1.807, 2.05) is 25.9 Å². The lowest BCUT2D eigenvalue weighted by Gasteiger charge is -2.22. The third-order valence-corrected chi connectivity index (χ3v) is 2.18. The van der Waals surface area contributed by atoms with E-state index < -0.39 is 12.1 Å². The second kappa shape index (κ2) is 7.38. The molecule has 0 aromatic rings. The van der Waals surface area contributed by atoms with Crippen LogP contribution in [0.15, 0.2) is 12.2 Å². The number of hydrogen-bond donors (Lipinski definition) is 2. The lowest BCUT2D eigenvalue weighted by atomic mass is 10.3. The summed E-state index contributed by atoms with van der Waals surface area (Å²) < 4.78 is 4.82. The standard InChI is InChI=1S/C11H22N2O3/c1-8(2)11(15)16-7-10(14)6-12-9(3)13(4)5/h9-10,12,14H,1,6-7H2,2-5H3. The predicted molar refractivity (Wildman–Crippen MR) is 62.9 cm³/mol. The van der Waals surface area contributed by atoms with E-state index in [9.17, 15) is 9.90 Å². The van der Waals surface area contributed by atoms with Crippen molar-refractivity contribution in [3.05, 3.63) is 12.2 Å². The van der Waals surface area contributed by atoms with Crippen LogP contribution in [0.1, 0.15) is 13.8 Å². The zero-order valence-electron chi connectivity index (χ0n) is 10.5. The molecule has 0 aromatic heterocycles. The molecule has 2 atom stereocenters. The maximum atomic E-state index is 11.0. The highest BCUT2D eigenvalue weighted by Gasteiger charge is 2.11. The van der Waals surface area contributed by atoms with Gasteiger partial charge in [-0.15, -0.1) is 0 Å². The van der Waals surface area contributed by atoms with Crippen LogP contribution in [-0.2, 0) is 9.53 Å². The van der Waals surface area contributed by atoms with E-state index in [4.69, 9.17) is 4.74 Å². The van der Waals surface area contributed by atoms with Gasteiger partial charge in [0.2, 0.25) is 0 Å². The molecule has 0 aromatic carbocycles. The van der Waals surface area contributed by atoms with Gasteiger partial charge in [0.05, 0.1) is 6.17 Å². The molecule has 2 unspecified atom stereocenters. The van der Waals surface area contributed by atoms with E-state index in [0.717, 1.165) is 0 Å². The molecule has 2 N–H and O–H groups in total. The van der Waals surface area contributed by atoms with Gasteiger partial charge >= 0.3 is 5.97 Å². The minimum absolute atomic E-state index is 0.0150. The summed E-state index contributed by atoms with van der Waals surface area (Å²) >= 11 is 0. The van der Waals surface area contributed by atoms with E-state index in [1.54, 1.807) is 6.92 Å². The van der Waals surface area contributed by atoms with Gasteiger partial charge in [-0.25, -0.2) is 4.79 Å². The number of carbonyl (C=O) groups excluding carboxylic acids is 1. The first kappa shape index (κ1) is 15.1. The van der Waals surface area contributed by atoms with Gasteiger partial charge in [0.15, 0.2) is 0 Å². The fraction of sp³-hybridized carbons (Fsp3) is 0.727. The molecule has 5 heteroatoms. The van der Waals surface area contributed by atoms with Crippen molar-refractivity contribution < 1.29 is 14.6 Å². The Morgan fingerprint density at radius 3 is 2.56 bits per heavy atom. The van der Waals surface area contributed by atoms with E-state index in [2.05, 4.69) is 11.9 Å². The number of rotatable bonds is 7. The Morgan fingerprint density at radius 2 is 2.12 bits per heavy atom. The van der Waals surface area contributed by atoms with Crippen LogP contribution in [0.5, 0.6) is 0 Å². The minimum Gasteiger partial charge on any atom is -0.460 e. The van der Waals surface area contributed by atoms with Gasteiger partial charge in [-0.05, 0) is 27.9 Å². The van der Waals surface area contributed by atoms with Gasteiger partial charge in [-0.3, -0.25) is 10.2 Å². The molecule has 16 heavy (non-hydrogen) atoms. The Labute approximate surface area is 97.1 Å². The molecule has 0 rings (SSSR count). The first-order valence-corrected chi connectivity index (χ1v) is 5.25. The third kappa shape index (κ3) is 6.55. The number of hydrogen-bond acceptors (Lipinski definition) is 5. The van der Waals surface area contributed by atoms with Crippen molar-refractivity contribution in [3.8, 4) is 0 Å². The zero-order chi connectivity index (χ0) is 12.7. The van der Waals surface area contributed by atoms with Gasteiger partial charge in [-0.1, -0.05) is 6.58 Å².